The lowest BCUT2D eigenvalue weighted by Crippen LogP contribution is -2.54. The van der Waals surface area contributed by atoms with E-state index in [0.29, 0.717) is 16.8 Å². The number of fused-ring (bicyclic) bond motifs is 3. The molecule has 98 valence electrons. The maximum absolute atomic E-state index is 12.6. The number of hydrogen-bond donors (Lipinski definition) is 1. The second-order valence-electron chi connectivity index (χ2n) is 4.41. The van der Waals surface area contributed by atoms with E-state index in [0.717, 1.165) is 31.6 Å². The van der Waals surface area contributed by atoms with Crippen molar-refractivity contribution in [3.63, 3.8) is 0 Å². The van der Waals surface area contributed by atoms with Crippen LogP contribution in [0.5, 0.6) is 0 Å². The monoisotopic (exact) mass is 275 g/mol. The summed E-state index contributed by atoms with van der Waals surface area (Å²) in [5, 5.41) is 3.29. The molecule has 0 aliphatic carbocycles. The zero-order valence-electron chi connectivity index (χ0n) is 9.50. The third kappa shape index (κ3) is 2.05. The van der Waals surface area contributed by atoms with Gasteiger partial charge >= 0.3 is 6.18 Å². The highest BCUT2D eigenvalue weighted by Gasteiger charge is 2.35. The second-order valence-corrected chi connectivity index (χ2v) is 5.47. The SMILES string of the molecule is FC(F)(F)c1cnc2c(c1)SCC1CNCCN21. The number of hydrogen-bond acceptors (Lipinski definition) is 4. The highest BCUT2D eigenvalue weighted by molar-refractivity contribution is 7.99. The van der Waals surface area contributed by atoms with Crippen molar-refractivity contribution < 1.29 is 13.2 Å². The molecule has 1 atom stereocenters. The summed E-state index contributed by atoms with van der Waals surface area (Å²) in [5.41, 5.74) is -0.665. The molecule has 3 heterocycles. The standard InChI is InChI=1S/C11H12F3N3S/c12-11(13,14)7-3-9-10(16-4-7)17-2-1-15-5-8(17)6-18-9/h3-4,8,15H,1-2,5-6H2. The zero-order valence-corrected chi connectivity index (χ0v) is 10.3. The van der Waals surface area contributed by atoms with Crippen molar-refractivity contribution in [2.45, 2.75) is 17.1 Å². The molecule has 2 aliphatic rings. The van der Waals surface area contributed by atoms with E-state index >= 15 is 0 Å². The minimum absolute atomic E-state index is 0.334. The lowest BCUT2D eigenvalue weighted by atomic mass is 10.2. The molecule has 1 N–H and O–H groups in total. The molecule has 2 aliphatic heterocycles. The van der Waals surface area contributed by atoms with Crippen LogP contribution in [0.3, 0.4) is 0 Å². The summed E-state index contributed by atoms with van der Waals surface area (Å²) < 4.78 is 37.9. The molecule has 1 fully saturated rings. The summed E-state index contributed by atoms with van der Waals surface area (Å²) >= 11 is 1.46. The maximum atomic E-state index is 12.6. The van der Waals surface area contributed by atoms with Crippen molar-refractivity contribution >= 4 is 17.6 Å². The first-order chi connectivity index (χ1) is 8.55. The number of halogens is 3. The van der Waals surface area contributed by atoms with Gasteiger partial charge < -0.3 is 10.2 Å². The zero-order chi connectivity index (χ0) is 12.8. The van der Waals surface area contributed by atoms with Crippen LogP contribution in [0.25, 0.3) is 0 Å². The van der Waals surface area contributed by atoms with Crippen LogP contribution in [-0.2, 0) is 6.18 Å². The van der Waals surface area contributed by atoms with Crippen LogP contribution in [0, 0.1) is 0 Å². The Labute approximate surface area is 107 Å². The summed E-state index contributed by atoms with van der Waals surface area (Å²) in [4.78, 5) is 6.78. The Balaban J connectivity index is 1.96. The van der Waals surface area contributed by atoms with Gasteiger partial charge in [-0.3, -0.25) is 0 Å². The molecule has 0 spiro atoms. The Morgan fingerprint density at radius 2 is 2.28 bits per heavy atom. The Morgan fingerprint density at radius 1 is 1.44 bits per heavy atom. The van der Waals surface area contributed by atoms with Gasteiger partial charge in [-0.15, -0.1) is 11.8 Å². The molecule has 0 radical (unpaired) electrons. The van der Waals surface area contributed by atoms with Crippen molar-refractivity contribution in [2.24, 2.45) is 0 Å². The lowest BCUT2D eigenvalue weighted by Gasteiger charge is -2.41. The Kier molecular flexibility index (Phi) is 2.90. The molecular formula is C11H12F3N3S. The molecule has 1 saturated heterocycles. The van der Waals surface area contributed by atoms with Crippen LogP contribution in [0.15, 0.2) is 17.2 Å². The summed E-state index contributed by atoms with van der Waals surface area (Å²) in [5.74, 6) is 1.51. The van der Waals surface area contributed by atoms with E-state index in [2.05, 4.69) is 15.2 Å². The summed E-state index contributed by atoms with van der Waals surface area (Å²) in [7, 11) is 0. The molecule has 0 aromatic carbocycles. The molecule has 3 nitrogen and oxygen atoms in total. The molecule has 0 bridgehead atoms. The third-order valence-electron chi connectivity index (χ3n) is 3.21. The van der Waals surface area contributed by atoms with Crippen molar-refractivity contribution in [2.75, 3.05) is 30.3 Å². The average molecular weight is 275 g/mol. The number of aromatic nitrogens is 1. The molecule has 7 heteroatoms. The van der Waals surface area contributed by atoms with E-state index in [-0.39, 0.29) is 0 Å². The van der Waals surface area contributed by atoms with E-state index in [1.807, 2.05) is 0 Å². The van der Waals surface area contributed by atoms with Gasteiger partial charge in [0.1, 0.15) is 5.82 Å². The topological polar surface area (TPSA) is 28.2 Å². The first kappa shape index (κ1) is 12.1. The van der Waals surface area contributed by atoms with Crippen molar-refractivity contribution in [1.82, 2.24) is 10.3 Å². The molecule has 3 rings (SSSR count). The van der Waals surface area contributed by atoms with Crippen LogP contribution in [0.2, 0.25) is 0 Å². The fourth-order valence-electron chi connectivity index (χ4n) is 2.29. The Bertz CT molecular complexity index is 463. The number of thioether (sulfide) groups is 1. The molecule has 1 aromatic heterocycles. The normalized spacial score (nSPS) is 23.5. The van der Waals surface area contributed by atoms with E-state index in [1.165, 1.54) is 17.8 Å². The third-order valence-corrected chi connectivity index (χ3v) is 4.38. The van der Waals surface area contributed by atoms with E-state index < -0.39 is 11.7 Å². The van der Waals surface area contributed by atoms with Gasteiger partial charge in [-0.25, -0.2) is 4.98 Å². The number of anilines is 1. The largest absolute Gasteiger partial charge is 0.417 e. The first-order valence-corrected chi connectivity index (χ1v) is 6.71. The van der Waals surface area contributed by atoms with Crippen molar-refractivity contribution in [3.8, 4) is 0 Å². The number of nitrogens with zero attached hydrogens (tertiary/aromatic N) is 2. The van der Waals surface area contributed by atoms with E-state index in [9.17, 15) is 13.2 Å². The van der Waals surface area contributed by atoms with Crippen LogP contribution in [-0.4, -0.2) is 36.4 Å². The fraction of sp³-hybridized carbons (Fsp3) is 0.545. The molecule has 1 aromatic rings. The van der Waals surface area contributed by atoms with Crippen LogP contribution >= 0.6 is 11.8 Å². The van der Waals surface area contributed by atoms with Crippen molar-refractivity contribution in [1.29, 1.82) is 0 Å². The van der Waals surface area contributed by atoms with Gasteiger partial charge in [0.15, 0.2) is 0 Å². The maximum Gasteiger partial charge on any atom is 0.417 e. The van der Waals surface area contributed by atoms with Gasteiger partial charge in [0.05, 0.1) is 16.5 Å². The quantitative estimate of drug-likeness (QED) is 0.783. The Hall–Kier alpha value is -0.950. The predicted molar refractivity (Wildman–Crippen MR) is 64.0 cm³/mol. The van der Waals surface area contributed by atoms with Crippen LogP contribution in [0.4, 0.5) is 19.0 Å². The summed E-state index contributed by atoms with van der Waals surface area (Å²) in [6.45, 7) is 2.52. The average Bonchev–Trinajstić information content (AvgIpc) is 2.37. The lowest BCUT2D eigenvalue weighted by molar-refractivity contribution is -0.138. The first-order valence-electron chi connectivity index (χ1n) is 5.73. The van der Waals surface area contributed by atoms with Gasteiger partial charge in [0.2, 0.25) is 0 Å². The summed E-state index contributed by atoms with van der Waals surface area (Å²) in [6, 6.07) is 1.55. The minimum atomic E-state index is -4.32. The Morgan fingerprint density at radius 3 is 3.06 bits per heavy atom. The van der Waals surface area contributed by atoms with Crippen LogP contribution < -0.4 is 10.2 Å². The molecule has 1 unspecified atom stereocenters. The number of rotatable bonds is 0. The van der Waals surface area contributed by atoms with Gasteiger partial charge in [-0.05, 0) is 6.07 Å². The van der Waals surface area contributed by atoms with Gasteiger partial charge in [-0.2, -0.15) is 13.2 Å². The van der Waals surface area contributed by atoms with Gasteiger partial charge in [0, 0.05) is 31.6 Å². The number of nitrogens with one attached hydrogen (secondary N) is 1. The number of piperazine rings is 1. The molecule has 0 saturated carbocycles. The molecule has 18 heavy (non-hydrogen) atoms. The smallest absolute Gasteiger partial charge is 0.349 e. The van der Waals surface area contributed by atoms with Crippen molar-refractivity contribution in [3.05, 3.63) is 17.8 Å². The van der Waals surface area contributed by atoms with Gasteiger partial charge in [0.25, 0.3) is 0 Å². The number of pyridine rings is 1. The van der Waals surface area contributed by atoms with Crippen LogP contribution in [0.1, 0.15) is 5.56 Å². The van der Waals surface area contributed by atoms with E-state index in [1.54, 1.807) is 0 Å². The molecule has 0 amide bonds. The highest BCUT2D eigenvalue weighted by Crippen LogP contribution is 2.39. The fourth-order valence-corrected chi connectivity index (χ4v) is 3.47. The van der Waals surface area contributed by atoms with Gasteiger partial charge in [-0.1, -0.05) is 0 Å². The predicted octanol–water partition coefficient (Wildman–Crippen LogP) is 1.98. The highest BCUT2D eigenvalue weighted by atomic mass is 32.2. The minimum Gasteiger partial charge on any atom is -0.349 e. The number of alkyl halides is 3. The summed E-state index contributed by atoms with van der Waals surface area (Å²) in [6.07, 6.45) is -3.38. The second kappa shape index (κ2) is 4.31. The van der Waals surface area contributed by atoms with E-state index in [4.69, 9.17) is 0 Å². The molecular weight excluding hydrogens is 263 g/mol.